The van der Waals surface area contributed by atoms with Gasteiger partial charge in [-0.15, -0.1) is 0 Å². The summed E-state index contributed by atoms with van der Waals surface area (Å²) in [6.07, 6.45) is 110. The third kappa shape index (κ3) is 81.5. The summed E-state index contributed by atoms with van der Waals surface area (Å²) in [5.41, 5.74) is 0. The second-order valence-electron chi connectivity index (χ2n) is 30.9. The van der Waals surface area contributed by atoms with Gasteiger partial charge >= 0.3 is 5.97 Å². The number of aliphatic hydroxyl groups excluding tert-OH is 2. The van der Waals surface area contributed by atoms with Crippen LogP contribution < -0.4 is 5.32 Å². The third-order valence-corrected chi connectivity index (χ3v) is 21.3. The number of rotatable bonds is 85. The molecular weight excluding hydrogens is 1160 g/mol. The SMILES string of the molecule is CCCCCCCCCCCCCCCCCCCCCCCC/C=C/C(O)C(CO)NC(=O)CCCCCCCCCCCCCCCCCCCCCCCCCCCCCCCCCCCCCCCCCOC(=O)CCCCCCCCCCCCCCCCC. The number of ether oxygens (including phenoxy) is 1. The monoisotopic (exact) mass is 1340 g/mol. The predicted octanol–water partition coefficient (Wildman–Crippen LogP) is 29.8. The van der Waals surface area contributed by atoms with Crippen LogP contribution in [0.3, 0.4) is 0 Å². The lowest BCUT2D eigenvalue weighted by atomic mass is 10.0. The minimum atomic E-state index is -0.841. The first kappa shape index (κ1) is 93.6. The van der Waals surface area contributed by atoms with Crippen molar-refractivity contribution in [3.05, 3.63) is 12.2 Å². The number of hydrogen-bond acceptors (Lipinski definition) is 5. The fraction of sp³-hybridized carbons (Fsp3) is 0.955. The van der Waals surface area contributed by atoms with Gasteiger partial charge in [-0.05, 0) is 32.1 Å². The smallest absolute Gasteiger partial charge is 0.305 e. The molecule has 0 bridgehead atoms. The molecule has 0 heterocycles. The molecule has 6 nitrogen and oxygen atoms in total. The number of nitrogens with one attached hydrogen (secondary N) is 1. The summed E-state index contributed by atoms with van der Waals surface area (Å²) in [6, 6.07) is -0.624. The topological polar surface area (TPSA) is 95.9 Å². The van der Waals surface area contributed by atoms with E-state index >= 15 is 0 Å². The molecule has 0 saturated heterocycles. The Hall–Kier alpha value is -1.40. The van der Waals surface area contributed by atoms with E-state index in [0.717, 1.165) is 38.5 Å². The van der Waals surface area contributed by atoms with Gasteiger partial charge in [0, 0.05) is 12.8 Å². The number of amides is 1. The van der Waals surface area contributed by atoms with Gasteiger partial charge in [-0.2, -0.15) is 0 Å². The number of unbranched alkanes of at least 4 members (excludes halogenated alkanes) is 74. The van der Waals surface area contributed by atoms with Crippen molar-refractivity contribution in [2.45, 2.75) is 533 Å². The van der Waals surface area contributed by atoms with Crippen LogP contribution in [0, 0.1) is 0 Å². The molecule has 0 rings (SSSR count). The molecule has 0 radical (unpaired) electrons. The second kappa shape index (κ2) is 85.0. The lowest BCUT2D eigenvalue weighted by Gasteiger charge is -2.20. The van der Waals surface area contributed by atoms with Crippen molar-refractivity contribution in [2.75, 3.05) is 13.2 Å². The van der Waals surface area contributed by atoms with E-state index in [1.807, 2.05) is 6.08 Å². The minimum Gasteiger partial charge on any atom is -0.466 e. The Morgan fingerprint density at radius 2 is 0.484 bits per heavy atom. The first-order chi connectivity index (χ1) is 47.0. The molecule has 566 valence electrons. The van der Waals surface area contributed by atoms with E-state index in [0.29, 0.717) is 19.4 Å². The van der Waals surface area contributed by atoms with Crippen molar-refractivity contribution in [1.82, 2.24) is 5.32 Å². The van der Waals surface area contributed by atoms with Gasteiger partial charge in [-0.25, -0.2) is 0 Å². The van der Waals surface area contributed by atoms with Gasteiger partial charge in [0.05, 0.1) is 25.4 Å². The van der Waals surface area contributed by atoms with Gasteiger partial charge < -0.3 is 20.3 Å². The van der Waals surface area contributed by atoms with Crippen molar-refractivity contribution >= 4 is 11.9 Å². The van der Waals surface area contributed by atoms with Crippen molar-refractivity contribution < 1.29 is 24.5 Å². The molecule has 2 atom stereocenters. The summed E-state index contributed by atoms with van der Waals surface area (Å²) in [4.78, 5) is 24.7. The number of aliphatic hydroxyl groups is 2. The van der Waals surface area contributed by atoms with Gasteiger partial charge in [0.25, 0.3) is 0 Å². The maximum atomic E-state index is 12.6. The van der Waals surface area contributed by atoms with Crippen molar-refractivity contribution in [3.8, 4) is 0 Å². The Kier molecular flexibility index (Phi) is 83.8. The predicted molar refractivity (Wildman–Crippen MR) is 421 cm³/mol. The number of carbonyl (C=O) groups excluding carboxylic acids is 2. The fourth-order valence-electron chi connectivity index (χ4n) is 14.6. The van der Waals surface area contributed by atoms with E-state index < -0.39 is 12.1 Å². The molecular formula is C89H175NO5. The molecule has 6 heteroatoms. The third-order valence-electron chi connectivity index (χ3n) is 21.3. The highest BCUT2D eigenvalue weighted by Gasteiger charge is 2.18. The average molecular weight is 1340 g/mol. The second-order valence-corrected chi connectivity index (χ2v) is 30.9. The lowest BCUT2D eigenvalue weighted by Crippen LogP contribution is -2.45. The Labute approximate surface area is 597 Å². The molecule has 0 aliphatic heterocycles. The van der Waals surface area contributed by atoms with Crippen LogP contribution in [0.2, 0.25) is 0 Å². The zero-order chi connectivity index (χ0) is 68.4. The van der Waals surface area contributed by atoms with Crippen LogP contribution in [-0.2, 0) is 14.3 Å². The van der Waals surface area contributed by atoms with E-state index in [4.69, 9.17) is 4.74 Å². The molecule has 0 fully saturated rings. The molecule has 0 aromatic rings. The van der Waals surface area contributed by atoms with Crippen LogP contribution in [0.5, 0.6) is 0 Å². The van der Waals surface area contributed by atoms with Gasteiger partial charge in [-0.1, -0.05) is 488 Å². The highest BCUT2D eigenvalue weighted by Crippen LogP contribution is 2.21. The van der Waals surface area contributed by atoms with Crippen LogP contribution in [0.4, 0.5) is 0 Å². The summed E-state index contributed by atoms with van der Waals surface area (Å²) >= 11 is 0. The Morgan fingerprint density at radius 3 is 0.716 bits per heavy atom. The van der Waals surface area contributed by atoms with Gasteiger partial charge in [-0.3, -0.25) is 9.59 Å². The van der Waals surface area contributed by atoms with Crippen LogP contribution >= 0.6 is 0 Å². The highest BCUT2D eigenvalue weighted by molar-refractivity contribution is 5.76. The molecule has 2 unspecified atom stereocenters. The van der Waals surface area contributed by atoms with Gasteiger partial charge in [0.1, 0.15) is 0 Å². The molecule has 0 aromatic heterocycles. The van der Waals surface area contributed by atoms with Crippen molar-refractivity contribution in [2.24, 2.45) is 0 Å². The molecule has 3 N–H and O–H groups in total. The first-order valence-corrected chi connectivity index (χ1v) is 44.5. The molecule has 1 amide bonds. The molecule has 0 aliphatic rings. The lowest BCUT2D eigenvalue weighted by molar-refractivity contribution is -0.143. The van der Waals surface area contributed by atoms with Crippen molar-refractivity contribution in [3.63, 3.8) is 0 Å². The number of carbonyl (C=O) groups is 2. The van der Waals surface area contributed by atoms with E-state index in [-0.39, 0.29) is 18.5 Å². The average Bonchev–Trinajstić information content (AvgIpc) is 3.06. The Bertz CT molecular complexity index is 1450. The van der Waals surface area contributed by atoms with Crippen molar-refractivity contribution in [1.29, 1.82) is 0 Å². The van der Waals surface area contributed by atoms with Crippen LogP contribution in [0.15, 0.2) is 12.2 Å². The minimum absolute atomic E-state index is 0.0282. The van der Waals surface area contributed by atoms with Crippen LogP contribution in [0.25, 0.3) is 0 Å². The number of hydrogen-bond donors (Lipinski definition) is 3. The molecule has 0 aliphatic carbocycles. The van der Waals surface area contributed by atoms with Gasteiger partial charge in [0.2, 0.25) is 5.91 Å². The molecule has 0 spiro atoms. The highest BCUT2D eigenvalue weighted by atomic mass is 16.5. The number of allylic oxidation sites excluding steroid dienone is 1. The summed E-state index contributed by atoms with van der Waals surface area (Å²) in [6.45, 7) is 4.98. The Morgan fingerprint density at radius 1 is 0.284 bits per heavy atom. The van der Waals surface area contributed by atoms with Crippen LogP contribution in [-0.4, -0.2) is 47.4 Å². The zero-order valence-corrected chi connectivity index (χ0v) is 65.2. The summed E-state index contributed by atoms with van der Waals surface area (Å²) in [5.74, 6) is -0.0273. The first-order valence-electron chi connectivity index (χ1n) is 44.5. The number of esters is 1. The Balaban J connectivity index is 3.31. The maximum absolute atomic E-state index is 12.6. The summed E-state index contributed by atoms with van der Waals surface area (Å²) in [5, 5.41) is 23.3. The quantitative estimate of drug-likeness (QED) is 0.0320. The standard InChI is InChI=1S/C89H175NO5/c1-3-5-7-9-11-13-15-17-19-20-21-22-23-41-44-47-50-54-57-61-65-69-73-77-81-87(92)86(85-91)90-88(93)82-78-74-70-66-62-58-55-51-48-45-42-39-37-35-33-31-29-27-25-24-26-28-30-32-34-36-38-40-43-46-49-52-56-60-64-68-72-76-80-84-95-89(94)83-79-75-71-67-63-59-53-18-16-14-12-10-8-6-4-2/h77,81,86-87,91-92H,3-76,78-80,82-85H2,1-2H3,(H,90,93)/b81-77+. The molecule has 95 heavy (non-hydrogen) atoms. The summed E-state index contributed by atoms with van der Waals surface area (Å²) < 4.78 is 5.51. The van der Waals surface area contributed by atoms with Crippen LogP contribution in [0.1, 0.15) is 521 Å². The molecule has 0 aromatic carbocycles. The van der Waals surface area contributed by atoms with E-state index in [1.165, 1.54) is 456 Å². The molecule has 0 saturated carbocycles. The normalized spacial score (nSPS) is 12.4. The van der Waals surface area contributed by atoms with E-state index in [1.54, 1.807) is 6.08 Å². The fourth-order valence-corrected chi connectivity index (χ4v) is 14.6. The van der Waals surface area contributed by atoms with E-state index in [9.17, 15) is 19.8 Å². The largest absolute Gasteiger partial charge is 0.466 e. The maximum Gasteiger partial charge on any atom is 0.305 e. The zero-order valence-electron chi connectivity index (χ0n) is 65.2. The van der Waals surface area contributed by atoms with Gasteiger partial charge in [0.15, 0.2) is 0 Å². The van der Waals surface area contributed by atoms with E-state index in [2.05, 4.69) is 19.2 Å². The summed E-state index contributed by atoms with van der Waals surface area (Å²) in [7, 11) is 0.